The number of nitrogens with one attached hydrogen (secondary N) is 2. The molecule has 11 heteroatoms. The molecule has 1 heterocycles. The zero-order valence-electron chi connectivity index (χ0n) is 14.5. The van der Waals surface area contributed by atoms with Gasteiger partial charge in [-0.05, 0) is 31.3 Å². The van der Waals surface area contributed by atoms with E-state index < -0.39 is 22.8 Å². The zero-order valence-corrected chi connectivity index (χ0v) is 15.3. The smallest absolute Gasteiger partial charge is 0.308 e. The van der Waals surface area contributed by atoms with E-state index in [1.807, 2.05) is 0 Å². The third-order valence-electron chi connectivity index (χ3n) is 3.82. The second-order valence-corrected chi connectivity index (χ2v) is 5.96. The molecule has 1 unspecified atom stereocenters. The van der Waals surface area contributed by atoms with Crippen LogP contribution in [0.5, 0.6) is 0 Å². The van der Waals surface area contributed by atoms with Crippen LogP contribution in [-0.4, -0.2) is 58.5 Å². The number of carbonyl (C=O) groups is 3. The molecule has 2 rings (SSSR count). The predicted molar refractivity (Wildman–Crippen MR) is 97.9 cm³/mol. The molecule has 1 atom stereocenters. The number of benzene rings is 1. The number of amides is 2. The lowest BCUT2D eigenvalue weighted by Crippen LogP contribution is -2.60. The molecule has 0 radical (unpaired) electrons. The van der Waals surface area contributed by atoms with Crippen molar-refractivity contribution in [2.45, 2.75) is 19.4 Å². The van der Waals surface area contributed by atoms with Crippen LogP contribution in [0.3, 0.4) is 0 Å². The summed E-state index contributed by atoms with van der Waals surface area (Å²) in [7, 11) is 0. The summed E-state index contributed by atoms with van der Waals surface area (Å²) in [6.07, 6.45) is -0.201. The molecule has 1 aromatic carbocycles. The highest BCUT2D eigenvalue weighted by Crippen LogP contribution is 2.13. The molecule has 27 heavy (non-hydrogen) atoms. The molecule has 0 aliphatic carbocycles. The van der Waals surface area contributed by atoms with Gasteiger partial charge in [-0.25, -0.2) is 0 Å². The first-order valence-corrected chi connectivity index (χ1v) is 8.54. The molecule has 1 aliphatic heterocycles. The Morgan fingerprint density at radius 1 is 1.41 bits per heavy atom. The number of nitro groups is 1. The Labute approximate surface area is 160 Å². The SMILES string of the molecule is CCOC(=O)CC1C(=O)NCCN1C(=S)NC(=O)c1ccc([N+](=O)[O-])cc1. The lowest BCUT2D eigenvalue weighted by molar-refractivity contribution is -0.384. The van der Waals surface area contributed by atoms with Crippen molar-refractivity contribution in [2.75, 3.05) is 19.7 Å². The number of hydrogen-bond acceptors (Lipinski definition) is 7. The van der Waals surface area contributed by atoms with Gasteiger partial charge >= 0.3 is 5.97 Å². The first-order valence-electron chi connectivity index (χ1n) is 8.13. The van der Waals surface area contributed by atoms with Crippen LogP contribution in [0.2, 0.25) is 0 Å². The summed E-state index contributed by atoms with van der Waals surface area (Å²) in [4.78, 5) is 47.7. The number of hydrogen-bond donors (Lipinski definition) is 2. The van der Waals surface area contributed by atoms with Gasteiger partial charge in [0.1, 0.15) is 6.04 Å². The number of esters is 1. The van der Waals surface area contributed by atoms with Crippen LogP contribution in [0.25, 0.3) is 0 Å². The second kappa shape index (κ2) is 9.03. The van der Waals surface area contributed by atoms with Gasteiger partial charge in [-0.3, -0.25) is 29.8 Å². The lowest BCUT2D eigenvalue weighted by atomic mass is 10.1. The van der Waals surface area contributed by atoms with Crippen molar-refractivity contribution >= 4 is 40.8 Å². The fraction of sp³-hybridized carbons (Fsp3) is 0.375. The molecule has 0 spiro atoms. The van der Waals surface area contributed by atoms with Crippen molar-refractivity contribution in [1.82, 2.24) is 15.5 Å². The lowest BCUT2D eigenvalue weighted by Gasteiger charge is -2.36. The van der Waals surface area contributed by atoms with Crippen LogP contribution in [0.15, 0.2) is 24.3 Å². The third-order valence-corrected chi connectivity index (χ3v) is 4.15. The van der Waals surface area contributed by atoms with E-state index in [0.29, 0.717) is 13.1 Å². The minimum atomic E-state index is -0.887. The van der Waals surface area contributed by atoms with Crippen molar-refractivity contribution in [1.29, 1.82) is 0 Å². The number of non-ortho nitro benzene ring substituents is 1. The van der Waals surface area contributed by atoms with Crippen LogP contribution in [-0.2, 0) is 14.3 Å². The highest BCUT2D eigenvalue weighted by molar-refractivity contribution is 7.80. The number of ether oxygens (including phenoxy) is 1. The number of piperazine rings is 1. The summed E-state index contributed by atoms with van der Waals surface area (Å²) in [5, 5.41) is 15.8. The largest absolute Gasteiger partial charge is 0.466 e. The third kappa shape index (κ3) is 5.20. The number of rotatable bonds is 5. The van der Waals surface area contributed by atoms with Crippen LogP contribution >= 0.6 is 12.2 Å². The average molecular weight is 394 g/mol. The maximum absolute atomic E-state index is 12.3. The van der Waals surface area contributed by atoms with E-state index in [1.54, 1.807) is 6.92 Å². The van der Waals surface area contributed by atoms with Crippen molar-refractivity contribution in [3.05, 3.63) is 39.9 Å². The maximum Gasteiger partial charge on any atom is 0.308 e. The zero-order chi connectivity index (χ0) is 20.0. The van der Waals surface area contributed by atoms with Crippen molar-refractivity contribution in [3.8, 4) is 0 Å². The highest BCUT2D eigenvalue weighted by Gasteiger charge is 2.34. The fourth-order valence-corrected chi connectivity index (χ4v) is 2.83. The van der Waals surface area contributed by atoms with E-state index in [9.17, 15) is 24.5 Å². The Bertz CT molecular complexity index is 767. The molecule has 10 nitrogen and oxygen atoms in total. The summed E-state index contributed by atoms with van der Waals surface area (Å²) >= 11 is 5.22. The summed E-state index contributed by atoms with van der Waals surface area (Å²) in [6, 6.07) is 4.12. The van der Waals surface area contributed by atoms with Gasteiger partial charge in [0.05, 0.1) is 18.0 Å². The highest BCUT2D eigenvalue weighted by atomic mass is 32.1. The monoisotopic (exact) mass is 394 g/mol. The summed E-state index contributed by atoms with van der Waals surface area (Å²) in [5.41, 5.74) is 0.0303. The van der Waals surface area contributed by atoms with E-state index in [4.69, 9.17) is 17.0 Å². The van der Waals surface area contributed by atoms with Gasteiger partial charge in [0.2, 0.25) is 5.91 Å². The van der Waals surface area contributed by atoms with Gasteiger partial charge in [0.25, 0.3) is 11.6 Å². The quantitative estimate of drug-likeness (QED) is 0.317. The molecule has 2 amide bonds. The fourth-order valence-electron chi connectivity index (χ4n) is 2.51. The Hall–Kier alpha value is -3.08. The molecule has 1 aromatic rings. The summed E-state index contributed by atoms with van der Waals surface area (Å²) < 4.78 is 4.87. The van der Waals surface area contributed by atoms with E-state index >= 15 is 0 Å². The van der Waals surface area contributed by atoms with E-state index in [-0.39, 0.29) is 35.3 Å². The molecule has 0 saturated carbocycles. The Balaban J connectivity index is 2.07. The number of nitro benzene ring substituents is 1. The van der Waals surface area contributed by atoms with Gasteiger partial charge < -0.3 is 15.0 Å². The van der Waals surface area contributed by atoms with Crippen molar-refractivity contribution in [2.24, 2.45) is 0 Å². The number of nitrogens with zero attached hydrogens (tertiary/aromatic N) is 2. The first-order chi connectivity index (χ1) is 12.8. The van der Waals surface area contributed by atoms with E-state index in [2.05, 4.69) is 10.6 Å². The first kappa shape index (κ1) is 20.2. The van der Waals surface area contributed by atoms with Gasteiger partial charge in [0, 0.05) is 30.8 Å². The minimum absolute atomic E-state index is 0.0116. The van der Waals surface area contributed by atoms with Gasteiger partial charge in [-0.1, -0.05) is 0 Å². The molecule has 1 aliphatic rings. The van der Waals surface area contributed by atoms with Crippen molar-refractivity contribution < 1.29 is 24.0 Å². The molecule has 0 aromatic heterocycles. The van der Waals surface area contributed by atoms with Crippen LogP contribution in [0.4, 0.5) is 5.69 Å². The molecular weight excluding hydrogens is 376 g/mol. The van der Waals surface area contributed by atoms with Crippen LogP contribution < -0.4 is 10.6 Å². The Kier molecular flexibility index (Phi) is 6.77. The van der Waals surface area contributed by atoms with Crippen LogP contribution in [0.1, 0.15) is 23.7 Å². The van der Waals surface area contributed by atoms with Gasteiger partial charge in [-0.2, -0.15) is 0 Å². The second-order valence-electron chi connectivity index (χ2n) is 5.57. The molecular formula is C16H18N4O6S. The standard InChI is InChI=1S/C16H18N4O6S/c1-2-26-13(21)9-12-15(23)17-7-8-19(12)16(27)18-14(22)10-3-5-11(6-4-10)20(24)25/h3-6,12H,2,7-9H2,1H3,(H,17,23)(H,18,22,27). The van der Waals surface area contributed by atoms with Crippen LogP contribution in [0, 0.1) is 10.1 Å². The topological polar surface area (TPSA) is 131 Å². The summed E-state index contributed by atoms with van der Waals surface area (Å²) in [5.74, 6) is -1.51. The Morgan fingerprint density at radius 2 is 2.07 bits per heavy atom. The maximum atomic E-state index is 12.3. The Morgan fingerprint density at radius 3 is 2.67 bits per heavy atom. The summed E-state index contributed by atoms with van der Waals surface area (Å²) in [6.45, 7) is 2.47. The van der Waals surface area contributed by atoms with E-state index in [1.165, 1.54) is 29.2 Å². The normalized spacial score (nSPS) is 16.3. The average Bonchev–Trinajstić information content (AvgIpc) is 2.63. The van der Waals surface area contributed by atoms with Gasteiger partial charge in [0.15, 0.2) is 5.11 Å². The predicted octanol–water partition coefficient (Wildman–Crippen LogP) is 0.363. The van der Waals surface area contributed by atoms with Gasteiger partial charge in [-0.15, -0.1) is 0 Å². The molecule has 144 valence electrons. The number of carbonyl (C=O) groups excluding carboxylic acids is 3. The number of thiocarbonyl (C=S) groups is 1. The molecule has 1 fully saturated rings. The minimum Gasteiger partial charge on any atom is -0.466 e. The van der Waals surface area contributed by atoms with E-state index in [0.717, 1.165) is 0 Å². The molecule has 1 saturated heterocycles. The molecule has 2 N–H and O–H groups in total. The van der Waals surface area contributed by atoms with Crippen molar-refractivity contribution in [3.63, 3.8) is 0 Å². The molecule has 0 bridgehead atoms.